The number of nitrogens with zero attached hydrogens (tertiary/aromatic N) is 2. The number of halogens is 2. The zero-order valence-corrected chi connectivity index (χ0v) is 24.0. The Morgan fingerprint density at radius 1 is 0.902 bits per heavy atom. The number of hydrogen-bond donors (Lipinski definition) is 1. The number of hydrogen-bond acceptors (Lipinski definition) is 4. The van der Waals surface area contributed by atoms with Crippen molar-refractivity contribution in [2.24, 2.45) is 0 Å². The maximum absolute atomic E-state index is 14.0. The van der Waals surface area contributed by atoms with Crippen molar-refractivity contribution >= 4 is 27.5 Å². The summed E-state index contributed by atoms with van der Waals surface area (Å²) in [6, 6.07) is 15.8. The Labute approximate surface area is 240 Å². The molecule has 0 aromatic heterocycles. The predicted molar refractivity (Wildman–Crippen MR) is 154 cm³/mol. The Hall–Kier alpha value is -3.79. The van der Waals surface area contributed by atoms with E-state index >= 15 is 0 Å². The van der Waals surface area contributed by atoms with Gasteiger partial charge in [-0.2, -0.15) is 0 Å². The molecule has 4 rings (SSSR count). The first-order valence-electron chi connectivity index (χ1n) is 13.8. The summed E-state index contributed by atoms with van der Waals surface area (Å²) in [7, 11) is -4.25. The highest BCUT2D eigenvalue weighted by molar-refractivity contribution is 7.92. The Bertz CT molecular complexity index is 1440. The summed E-state index contributed by atoms with van der Waals surface area (Å²) in [6.07, 6.45) is 4.04. The van der Waals surface area contributed by atoms with E-state index in [4.69, 9.17) is 0 Å². The van der Waals surface area contributed by atoms with E-state index in [-0.39, 0.29) is 35.5 Å². The molecule has 1 aliphatic rings. The maximum Gasteiger partial charge on any atom is 0.264 e. The summed E-state index contributed by atoms with van der Waals surface area (Å²) in [6.45, 7) is 2.95. The van der Waals surface area contributed by atoms with Crippen LogP contribution in [0.25, 0.3) is 0 Å². The van der Waals surface area contributed by atoms with Gasteiger partial charge in [-0.3, -0.25) is 13.9 Å². The molecule has 0 unspecified atom stereocenters. The van der Waals surface area contributed by atoms with Crippen molar-refractivity contribution in [1.82, 2.24) is 10.2 Å². The van der Waals surface area contributed by atoms with Crippen LogP contribution in [0.2, 0.25) is 0 Å². The molecule has 1 saturated carbocycles. The van der Waals surface area contributed by atoms with E-state index < -0.39 is 40.2 Å². The van der Waals surface area contributed by atoms with Gasteiger partial charge in [0.1, 0.15) is 24.2 Å². The third-order valence-electron chi connectivity index (χ3n) is 7.36. The topological polar surface area (TPSA) is 86.8 Å². The van der Waals surface area contributed by atoms with Gasteiger partial charge in [0.2, 0.25) is 11.8 Å². The van der Waals surface area contributed by atoms with E-state index in [0.717, 1.165) is 47.7 Å². The molecule has 1 fully saturated rings. The predicted octanol–water partition coefficient (Wildman–Crippen LogP) is 5.33. The zero-order chi connectivity index (χ0) is 29.6. The quantitative estimate of drug-likeness (QED) is 0.331. The SMILES string of the molecule is CC[C@@H](C(=O)NC1CCCC1)N(Cc1ccc(F)cc1)C(=O)CN(c1ccc(F)cc1)S(=O)(=O)c1ccc(C)cc1. The number of amides is 2. The van der Waals surface area contributed by atoms with Gasteiger partial charge in [-0.1, -0.05) is 49.6 Å². The van der Waals surface area contributed by atoms with Crippen LogP contribution in [0.4, 0.5) is 14.5 Å². The normalized spacial score (nSPS) is 14.4. The Morgan fingerprint density at radius 2 is 1.46 bits per heavy atom. The second-order valence-corrected chi connectivity index (χ2v) is 12.2. The molecule has 0 aliphatic heterocycles. The van der Waals surface area contributed by atoms with Gasteiger partial charge in [-0.05, 0) is 80.3 Å². The third kappa shape index (κ3) is 7.49. The molecular formula is C31H35F2N3O4S. The van der Waals surface area contributed by atoms with Crippen molar-refractivity contribution in [3.05, 3.63) is 95.6 Å². The van der Waals surface area contributed by atoms with Crippen LogP contribution in [0.1, 0.15) is 50.2 Å². The van der Waals surface area contributed by atoms with Crippen molar-refractivity contribution in [2.75, 3.05) is 10.8 Å². The molecule has 7 nitrogen and oxygen atoms in total. The van der Waals surface area contributed by atoms with E-state index in [1.54, 1.807) is 19.1 Å². The second-order valence-electron chi connectivity index (χ2n) is 10.4. The van der Waals surface area contributed by atoms with Gasteiger partial charge in [0.25, 0.3) is 10.0 Å². The lowest BCUT2D eigenvalue weighted by Gasteiger charge is -2.33. The first-order chi connectivity index (χ1) is 19.6. The average Bonchev–Trinajstić information content (AvgIpc) is 3.46. The summed E-state index contributed by atoms with van der Waals surface area (Å²) < 4.78 is 56.0. The monoisotopic (exact) mass is 583 g/mol. The van der Waals surface area contributed by atoms with Gasteiger partial charge in [0.15, 0.2) is 0 Å². The molecule has 218 valence electrons. The fraction of sp³-hybridized carbons (Fsp3) is 0.355. The highest BCUT2D eigenvalue weighted by atomic mass is 32.2. The lowest BCUT2D eigenvalue weighted by atomic mass is 10.1. The van der Waals surface area contributed by atoms with Crippen molar-refractivity contribution in [3.8, 4) is 0 Å². The Morgan fingerprint density at radius 3 is 2.02 bits per heavy atom. The maximum atomic E-state index is 14.0. The molecule has 2 amide bonds. The standard InChI is InChI=1S/C31H35F2N3O4S/c1-3-29(31(38)34-26-6-4-5-7-26)35(20-23-10-12-24(32)13-11-23)30(37)21-36(27-16-14-25(33)15-17-27)41(39,40)28-18-8-22(2)9-19-28/h8-19,26,29H,3-7,20-21H2,1-2H3,(H,34,38)/t29-/m0/s1. The number of carbonyl (C=O) groups excluding carboxylic acids is 2. The first kappa shape index (κ1) is 30.2. The molecule has 41 heavy (non-hydrogen) atoms. The first-order valence-corrected chi connectivity index (χ1v) is 15.2. The molecule has 1 aliphatic carbocycles. The fourth-order valence-corrected chi connectivity index (χ4v) is 6.46. The number of benzene rings is 3. The molecular weight excluding hydrogens is 548 g/mol. The highest BCUT2D eigenvalue weighted by Gasteiger charge is 2.34. The van der Waals surface area contributed by atoms with Gasteiger partial charge in [0, 0.05) is 12.6 Å². The van der Waals surface area contributed by atoms with E-state index in [2.05, 4.69) is 5.32 Å². The second kappa shape index (κ2) is 13.2. The number of rotatable bonds is 11. The summed E-state index contributed by atoms with van der Waals surface area (Å²) in [5.41, 5.74) is 1.55. The molecule has 3 aromatic rings. The van der Waals surface area contributed by atoms with Gasteiger partial charge in [0.05, 0.1) is 10.6 Å². The molecule has 0 heterocycles. The van der Waals surface area contributed by atoms with Crippen LogP contribution in [-0.4, -0.2) is 43.8 Å². The minimum atomic E-state index is -4.25. The Balaban J connectivity index is 1.70. The Kier molecular flexibility index (Phi) is 9.75. The zero-order valence-electron chi connectivity index (χ0n) is 23.2. The summed E-state index contributed by atoms with van der Waals surface area (Å²) in [5, 5.41) is 3.05. The molecule has 3 aromatic carbocycles. The van der Waals surface area contributed by atoms with Gasteiger partial charge < -0.3 is 10.2 Å². The van der Waals surface area contributed by atoms with Gasteiger partial charge in [-0.25, -0.2) is 17.2 Å². The van der Waals surface area contributed by atoms with Crippen LogP contribution in [0.5, 0.6) is 0 Å². The molecule has 0 saturated heterocycles. The van der Waals surface area contributed by atoms with E-state index in [1.165, 1.54) is 53.4 Å². The summed E-state index contributed by atoms with van der Waals surface area (Å²) in [4.78, 5) is 28.8. The van der Waals surface area contributed by atoms with Crippen LogP contribution in [0.3, 0.4) is 0 Å². The number of anilines is 1. The summed E-state index contributed by atoms with van der Waals surface area (Å²) >= 11 is 0. The molecule has 0 radical (unpaired) electrons. The number of sulfonamides is 1. The summed E-state index contributed by atoms with van der Waals surface area (Å²) in [5.74, 6) is -1.93. The van der Waals surface area contributed by atoms with E-state index in [0.29, 0.717) is 5.56 Å². The fourth-order valence-electron chi connectivity index (χ4n) is 5.05. The van der Waals surface area contributed by atoms with E-state index in [9.17, 15) is 26.8 Å². The number of nitrogens with one attached hydrogen (secondary N) is 1. The van der Waals surface area contributed by atoms with Gasteiger partial charge in [-0.15, -0.1) is 0 Å². The lowest BCUT2D eigenvalue weighted by Crippen LogP contribution is -2.53. The van der Waals surface area contributed by atoms with Gasteiger partial charge >= 0.3 is 0 Å². The highest BCUT2D eigenvalue weighted by Crippen LogP contribution is 2.26. The van der Waals surface area contributed by atoms with Crippen LogP contribution < -0.4 is 9.62 Å². The third-order valence-corrected chi connectivity index (χ3v) is 9.14. The molecule has 1 N–H and O–H groups in total. The average molecular weight is 584 g/mol. The smallest absolute Gasteiger partial charge is 0.264 e. The largest absolute Gasteiger partial charge is 0.352 e. The van der Waals surface area contributed by atoms with Crippen molar-refractivity contribution < 1.29 is 26.8 Å². The lowest BCUT2D eigenvalue weighted by molar-refractivity contribution is -0.140. The van der Waals surface area contributed by atoms with E-state index in [1.807, 2.05) is 6.92 Å². The van der Waals surface area contributed by atoms with Crippen LogP contribution >= 0.6 is 0 Å². The molecule has 10 heteroatoms. The molecule has 0 spiro atoms. The van der Waals surface area contributed by atoms with Crippen molar-refractivity contribution in [3.63, 3.8) is 0 Å². The number of carbonyl (C=O) groups is 2. The molecule has 1 atom stereocenters. The van der Waals surface area contributed by atoms with Crippen LogP contribution in [-0.2, 0) is 26.2 Å². The number of aryl methyl sites for hydroxylation is 1. The van der Waals surface area contributed by atoms with Crippen molar-refractivity contribution in [1.29, 1.82) is 0 Å². The minimum absolute atomic E-state index is 0.0250. The van der Waals surface area contributed by atoms with Crippen LogP contribution in [0.15, 0.2) is 77.7 Å². The minimum Gasteiger partial charge on any atom is -0.352 e. The van der Waals surface area contributed by atoms with Crippen LogP contribution in [0, 0.1) is 18.6 Å². The van der Waals surface area contributed by atoms with Crippen molar-refractivity contribution in [2.45, 2.75) is 69.5 Å². The molecule has 0 bridgehead atoms.